The van der Waals surface area contributed by atoms with Crippen molar-refractivity contribution in [2.24, 2.45) is 0 Å². The van der Waals surface area contributed by atoms with Crippen LogP contribution in [0.1, 0.15) is 16.1 Å². The Morgan fingerprint density at radius 3 is 2.82 bits per heavy atom. The number of hydrogen-bond acceptors (Lipinski definition) is 4. The summed E-state index contributed by atoms with van der Waals surface area (Å²) in [7, 11) is 0. The van der Waals surface area contributed by atoms with Crippen molar-refractivity contribution in [3.05, 3.63) is 58.0 Å². The molecule has 0 aliphatic carbocycles. The number of aldehydes is 1. The summed E-state index contributed by atoms with van der Waals surface area (Å²) in [4.78, 5) is 24.3. The molecule has 4 aromatic rings. The van der Waals surface area contributed by atoms with Crippen LogP contribution in [-0.4, -0.2) is 15.8 Å². The molecule has 22 heavy (non-hydrogen) atoms. The molecule has 3 aromatic heterocycles. The summed E-state index contributed by atoms with van der Waals surface area (Å²) in [5.41, 5.74) is 1.85. The number of rotatable bonds is 1. The first kappa shape index (κ1) is 12.6. The molecule has 5 heteroatoms. The second kappa shape index (κ2) is 4.21. The second-order valence-corrected chi connectivity index (χ2v) is 5.23. The van der Waals surface area contributed by atoms with E-state index >= 15 is 0 Å². The summed E-state index contributed by atoms with van der Waals surface area (Å²) in [6.07, 6.45) is 2.38. The third-order valence-corrected chi connectivity index (χ3v) is 3.90. The van der Waals surface area contributed by atoms with Crippen molar-refractivity contribution in [1.29, 1.82) is 0 Å². The molecule has 0 radical (unpaired) electrons. The Morgan fingerprint density at radius 2 is 2.05 bits per heavy atom. The Balaban J connectivity index is 2.40. The average Bonchev–Trinajstić information content (AvgIpc) is 2.80. The number of phenols is 1. The molecule has 0 atom stereocenters. The summed E-state index contributed by atoms with van der Waals surface area (Å²) in [6.45, 7) is 1.74. The lowest BCUT2D eigenvalue weighted by molar-refractivity contribution is 0.111. The van der Waals surface area contributed by atoms with Gasteiger partial charge < -0.3 is 13.9 Å². The van der Waals surface area contributed by atoms with Gasteiger partial charge in [0, 0.05) is 12.3 Å². The smallest absolute Gasteiger partial charge is 0.203 e. The fourth-order valence-corrected chi connectivity index (χ4v) is 2.99. The van der Waals surface area contributed by atoms with Gasteiger partial charge in [-0.05, 0) is 30.7 Å². The number of carbonyl (C=O) groups is 1. The third-order valence-electron chi connectivity index (χ3n) is 3.90. The van der Waals surface area contributed by atoms with Crippen LogP contribution >= 0.6 is 0 Å². The van der Waals surface area contributed by atoms with Gasteiger partial charge in [-0.25, -0.2) is 0 Å². The minimum absolute atomic E-state index is 0.0175. The minimum atomic E-state index is -0.203. The Labute approximate surface area is 124 Å². The first-order chi connectivity index (χ1) is 10.6. The molecule has 0 aliphatic rings. The van der Waals surface area contributed by atoms with Gasteiger partial charge in [-0.1, -0.05) is 6.07 Å². The van der Waals surface area contributed by atoms with E-state index < -0.39 is 0 Å². The molecule has 0 saturated heterocycles. The number of aryl methyl sites for hydroxylation is 1. The number of aromatic nitrogens is 1. The van der Waals surface area contributed by atoms with Crippen LogP contribution in [0.25, 0.3) is 27.5 Å². The topological polar surface area (TPSA) is 71.9 Å². The molecule has 0 aliphatic heterocycles. The lowest BCUT2D eigenvalue weighted by Crippen LogP contribution is -2.03. The Kier molecular flexibility index (Phi) is 2.42. The van der Waals surface area contributed by atoms with Crippen LogP contribution in [-0.2, 0) is 0 Å². The van der Waals surface area contributed by atoms with Crippen molar-refractivity contribution in [3.8, 4) is 5.75 Å². The van der Waals surface area contributed by atoms with Crippen molar-refractivity contribution in [2.75, 3.05) is 0 Å². The Hall–Kier alpha value is -3.08. The Bertz CT molecular complexity index is 1130. The summed E-state index contributed by atoms with van der Waals surface area (Å²) in [5.74, 6) is 0.0175. The largest absolute Gasteiger partial charge is 0.508 e. The average molecular weight is 293 g/mol. The molecule has 1 aromatic carbocycles. The van der Waals surface area contributed by atoms with Gasteiger partial charge in [-0.2, -0.15) is 0 Å². The van der Waals surface area contributed by atoms with E-state index in [1.165, 1.54) is 12.1 Å². The zero-order chi connectivity index (χ0) is 15.4. The van der Waals surface area contributed by atoms with Crippen molar-refractivity contribution < 1.29 is 14.3 Å². The van der Waals surface area contributed by atoms with Gasteiger partial charge in [0.15, 0.2) is 11.9 Å². The van der Waals surface area contributed by atoms with Crippen LogP contribution in [0.2, 0.25) is 0 Å². The van der Waals surface area contributed by atoms with E-state index in [4.69, 9.17) is 4.42 Å². The van der Waals surface area contributed by atoms with E-state index in [1.54, 1.807) is 35.7 Å². The number of benzene rings is 1. The summed E-state index contributed by atoms with van der Waals surface area (Å²) >= 11 is 0. The fraction of sp³-hybridized carbons (Fsp3) is 0.0588. The highest BCUT2D eigenvalue weighted by atomic mass is 16.3. The van der Waals surface area contributed by atoms with E-state index in [-0.39, 0.29) is 28.0 Å². The van der Waals surface area contributed by atoms with E-state index in [9.17, 15) is 14.7 Å². The van der Waals surface area contributed by atoms with Crippen LogP contribution in [0.15, 0.2) is 45.7 Å². The lowest BCUT2D eigenvalue weighted by Gasteiger charge is -2.02. The van der Waals surface area contributed by atoms with Gasteiger partial charge in [0.1, 0.15) is 17.0 Å². The number of fused-ring (bicyclic) bond motifs is 4. The van der Waals surface area contributed by atoms with E-state index in [1.807, 2.05) is 0 Å². The summed E-state index contributed by atoms with van der Waals surface area (Å²) < 4.78 is 7.42. The van der Waals surface area contributed by atoms with Crippen LogP contribution < -0.4 is 5.43 Å². The summed E-state index contributed by atoms with van der Waals surface area (Å²) in [5, 5.41) is 10.5. The zero-order valence-corrected chi connectivity index (χ0v) is 11.7. The van der Waals surface area contributed by atoms with E-state index in [2.05, 4.69) is 0 Å². The summed E-state index contributed by atoms with van der Waals surface area (Å²) in [6, 6.07) is 8.26. The number of aromatic hydroxyl groups is 1. The van der Waals surface area contributed by atoms with Crippen molar-refractivity contribution in [1.82, 2.24) is 4.40 Å². The molecule has 5 nitrogen and oxygen atoms in total. The van der Waals surface area contributed by atoms with Crippen molar-refractivity contribution in [2.45, 2.75) is 6.92 Å². The maximum Gasteiger partial charge on any atom is 0.203 e. The molecule has 0 amide bonds. The van der Waals surface area contributed by atoms with Gasteiger partial charge in [-0.15, -0.1) is 0 Å². The number of carbonyl (C=O) groups excluding carboxylic acids is 1. The third kappa shape index (κ3) is 1.47. The first-order valence-electron chi connectivity index (χ1n) is 6.76. The SMILES string of the molecule is Cc1cc(O)cc2oc3c(C=O)n4ccccc4c3c(=O)c12. The molecule has 0 fully saturated rings. The normalized spacial score (nSPS) is 11.5. The molecule has 0 unspecified atom stereocenters. The van der Waals surface area contributed by atoms with Gasteiger partial charge >= 0.3 is 0 Å². The highest BCUT2D eigenvalue weighted by Gasteiger charge is 2.19. The van der Waals surface area contributed by atoms with Gasteiger partial charge in [0.2, 0.25) is 5.43 Å². The predicted molar refractivity (Wildman–Crippen MR) is 82.7 cm³/mol. The highest BCUT2D eigenvalue weighted by Crippen LogP contribution is 2.29. The molecular weight excluding hydrogens is 282 g/mol. The van der Waals surface area contributed by atoms with Crippen LogP contribution in [0.3, 0.4) is 0 Å². The standard InChI is InChI=1S/C17H11NO4/c1-9-6-10(20)7-13-14(9)16(21)15-11-4-2-3-5-18(11)12(8-19)17(15)22-13/h2-8,20H,1H3. The quantitative estimate of drug-likeness (QED) is 0.547. The molecule has 1 N–H and O–H groups in total. The van der Waals surface area contributed by atoms with E-state index in [0.29, 0.717) is 28.1 Å². The molecular formula is C17H11NO4. The zero-order valence-electron chi connectivity index (χ0n) is 11.7. The second-order valence-electron chi connectivity index (χ2n) is 5.23. The molecule has 0 spiro atoms. The highest BCUT2D eigenvalue weighted by molar-refractivity contribution is 6.07. The number of nitrogens with zero attached hydrogens (tertiary/aromatic N) is 1. The predicted octanol–water partition coefficient (Wildman–Crippen LogP) is 3.03. The first-order valence-corrected chi connectivity index (χ1v) is 6.76. The van der Waals surface area contributed by atoms with Crippen molar-refractivity contribution in [3.63, 3.8) is 0 Å². The minimum Gasteiger partial charge on any atom is -0.508 e. The monoisotopic (exact) mass is 293 g/mol. The van der Waals surface area contributed by atoms with Gasteiger partial charge in [0.05, 0.1) is 16.3 Å². The van der Waals surface area contributed by atoms with Gasteiger partial charge in [0.25, 0.3) is 0 Å². The number of pyridine rings is 1. The van der Waals surface area contributed by atoms with Crippen molar-refractivity contribution >= 4 is 33.7 Å². The van der Waals surface area contributed by atoms with Gasteiger partial charge in [-0.3, -0.25) is 9.59 Å². The van der Waals surface area contributed by atoms with Crippen LogP contribution in [0, 0.1) is 6.92 Å². The maximum atomic E-state index is 12.9. The molecule has 108 valence electrons. The fourth-order valence-electron chi connectivity index (χ4n) is 2.99. The maximum absolute atomic E-state index is 12.9. The van der Waals surface area contributed by atoms with Crippen LogP contribution in [0.5, 0.6) is 5.75 Å². The lowest BCUT2D eigenvalue weighted by atomic mass is 10.1. The number of phenolic OH excluding ortho intramolecular Hbond substituents is 1. The van der Waals surface area contributed by atoms with Crippen LogP contribution in [0.4, 0.5) is 0 Å². The number of hydrogen-bond donors (Lipinski definition) is 1. The molecule has 0 bridgehead atoms. The van der Waals surface area contributed by atoms with E-state index in [0.717, 1.165) is 0 Å². The molecule has 0 saturated carbocycles. The molecule has 4 rings (SSSR count). The Morgan fingerprint density at radius 1 is 1.23 bits per heavy atom. The molecule has 3 heterocycles.